The molecule has 0 aliphatic rings. The highest BCUT2D eigenvalue weighted by Gasteiger charge is 2.03. The largest absolute Gasteiger partial charge is 0.317 e. The van der Waals surface area contributed by atoms with Crippen LogP contribution >= 0.6 is 0 Å². The highest BCUT2D eigenvalue weighted by Crippen LogP contribution is 2.10. The summed E-state index contributed by atoms with van der Waals surface area (Å²) in [4.78, 5) is 0. The molecule has 1 atom stereocenters. The molecule has 0 rings (SSSR count). The van der Waals surface area contributed by atoms with Gasteiger partial charge in [0.25, 0.3) is 0 Å². The van der Waals surface area contributed by atoms with Crippen molar-refractivity contribution in [2.45, 2.75) is 70.8 Å². The minimum atomic E-state index is 0.632. The van der Waals surface area contributed by atoms with E-state index >= 15 is 0 Å². The summed E-state index contributed by atoms with van der Waals surface area (Å²) in [6.45, 7) is 2.26. The minimum absolute atomic E-state index is 0.632. The third kappa shape index (κ3) is 9.82. The molecule has 1 heteroatoms. The first-order valence-electron chi connectivity index (χ1n) is 6.45. The lowest BCUT2D eigenvalue weighted by Gasteiger charge is -2.14. The molecule has 1 nitrogen and oxygen atoms in total. The van der Waals surface area contributed by atoms with Crippen LogP contribution < -0.4 is 5.32 Å². The van der Waals surface area contributed by atoms with Crippen LogP contribution in [0, 0.1) is 12.3 Å². The van der Waals surface area contributed by atoms with E-state index in [4.69, 9.17) is 6.42 Å². The van der Waals surface area contributed by atoms with Gasteiger partial charge >= 0.3 is 0 Å². The van der Waals surface area contributed by atoms with E-state index in [0.29, 0.717) is 6.04 Å². The molecule has 0 aromatic carbocycles. The fraction of sp³-hybridized carbons (Fsp3) is 0.857. The molecular weight excluding hydrogens is 182 g/mol. The maximum atomic E-state index is 5.26. The average Bonchev–Trinajstić information content (AvgIpc) is 2.27. The lowest BCUT2D eigenvalue weighted by molar-refractivity contribution is 0.462. The minimum Gasteiger partial charge on any atom is -0.317 e. The molecule has 0 saturated carbocycles. The standard InChI is InChI=1S/C14H27N/c1-4-6-8-9-10-11-13-14(15-3)12-7-5-2/h2,14-15H,4,6-13H2,1,3H3. The highest BCUT2D eigenvalue weighted by atomic mass is 14.9. The third-order valence-corrected chi connectivity index (χ3v) is 2.95. The maximum absolute atomic E-state index is 5.26. The second kappa shape index (κ2) is 11.6. The summed E-state index contributed by atoms with van der Waals surface area (Å²) in [7, 11) is 2.04. The van der Waals surface area contributed by atoms with E-state index in [1.165, 1.54) is 44.9 Å². The smallest absolute Gasteiger partial charge is 0.0101 e. The Morgan fingerprint density at radius 3 is 2.33 bits per heavy atom. The van der Waals surface area contributed by atoms with Crippen molar-refractivity contribution >= 4 is 0 Å². The van der Waals surface area contributed by atoms with E-state index in [1.54, 1.807) is 0 Å². The zero-order valence-corrected chi connectivity index (χ0v) is 10.5. The lowest BCUT2D eigenvalue weighted by Crippen LogP contribution is -2.24. The zero-order valence-electron chi connectivity index (χ0n) is 10.5. The van der Waals surface area contributed by atoms with Gasteiger partial charge in [0, 0.05) is 12.5 Å². The van der Waals surface area contributed by atoms with Crippen LogP contribution in [0.1, 0.15) is 64.7 Å². The Kier molecular flexibility index (Phi) is 11.2. The molecular formula is C14H27N. The van der Waals surface area contributed by atoms with Gasteiger partial charge in [-0.1, -0.05) is 45.4 Å². The molecule has 0 aliphatic heterocycles. The summed E-state index contributed by atoms with van der Waals surface area (Å²) in [5.41, 5.74) is 0. The second-order valence-corrected chi connectivity index (χ2v) is 4.28. The summed E-state index contributed by atoms with van der Waals surface area (Å²) in [5, 5.41) is 3.34. The monoisotopic (exact) mass is 209 g/mol. The van der Waals surface area contributed by atoms with Crippen LogP contribution in [-0.2, 0) is 0 Å². The van der Waals surface area contributed by atoms with Crippen LogP contribution in [-0.4, -0.2) is 13.1 Å². The van der Waals surface area contributed by atoms with Gasteiger partial charge in [0.15, 0.2) is 0 Å². The quantitative estimate of drug-likeness (QED) is 0.427. The van der Waals surface area contributed by atoms with E-state index in [9.17, 15) is 0 Å². The van der Waals surface area contributed by atoms with Crippen LogP contribution in [0.4, 0.5) is 0 Å². The Hall–Kier alpha value is -0.480. The van der Waals surface area contributed by atoms with E-state index in [1.807, 2.05) is 7.05 Å². The number of unbranched alkanes of at least 4 members (excludes halogenated alkanes) is 5. The summed E-state index contributed by atoms with van der Waals surface area (Å²) in [6, 6.07) is 0.632. The molecule has 0 fully saturated rings. The van der Waals surface area contributed by atoms with Gasteiger partial charge in [-0.3, -0.25) is 0 Å². The van der Waals surface area contributed by atoms with Gasteiger partial charge < -0.3 is 5.32 Å². The van der Waals surface area contributed by atoms with E-state index in [2.05, 4.69) is 18.2 Å². The first-order chi connectivity index (χ1) is 7.35. The molecule has 15 heavy (non-hydrogen) atoms. The maximum Gasteiger partial charge on any atom is 0.0101 e. The fourth-order valence-electron chi connectivity index (χ4n) is 1.86. The Bertz CT molecular complexity index is 157. The Labute approximate surface area is 96.0 Å². The van der Waals surface area contributed by atoms with E-state index in [-0.39, 0.29) is 0 Å². The average molecular weight is 209 g/mol. The number of terminal acetylenes is 1. The molecule has 0 aromatic heterocycles. The topological polar surface area (TPSA) is 12.0 Å². The van der Waals surface area contributed by atoms with Gasteiger partial charge in [0.1, 0.15) is 0 Å². The molecule has 0 bridgehead atoms. The predicted octanol–water partition coefficient (Wildman–Crippen LogP) is 3.74. The van der Waals surface area contributed by atoms with E-state index in [0.717, 1.165) is 12.8 Å². The molecule has 0 aliphatic carbocycles. The van der Waals surface area contributed by atoms with Crippen molar-refractivity contribution in [3.05, 3.63) is 0 Å². The summed E-state index contributed by atoms with van der Waals surface area (Å²) in [5.74, 6) is 2.71. The SMILES string of the molecule is C#CCCC(CCCCCCCC)NC. The Balaban J connectivity index is 3.27. The first kappa shape index (κ1) is 14.5. The van der Waals surface area contributed by atoms with Crippen LogP contribution in [0.5, 0.6) is 0 Å². The van der Waals surface area contributed by atoms with Crippen molar-refractivity contribution in [2.75, 3.05) is 7.05 Å². The molecule has 0 spiro atoms. The Morgan fingerprint density at radius 1 is 1.07 bits per heavy atom. The molecule has 1 unspecified atom stereocenters. The summed E-state index contributed by atoms with van der Waals surface area (Å²) in [6.07, 6.45) is 16.8. The van der Waals surface area contributed by atoms with Crippen molar-refractivity contribution in [3.8, 4) is 12.3 Å². The van der Waals surface area contributed by atoms with Crippen molar-refractivity contribution in [3.63, 3.8) is 0 Å². The normalized spacial score (nSPS) is 12.3. The van der Waals surface area contributed by atoms with Gasteiger partial charge in [0.2, 0.25) is 0 Å². The highest BCUT2D eigenvalue weighted by molar-refractivity contribution is 4.85. The molecule has 0 aromatic rings. The van der Waals surface area contributed by atoms with Crippen molar-refractivity contribution in [2.24, 2.45) is 0 Å². The third-order valence-electron chi connectivity index (χ3n) is 2.95. The molecule has 0 radical (unpaired) electrons. The van der Waals surface area contributed by atoms with Crippen LogP contribution in [0.25, 0.3) is 0 Å². The lowest BCUT2D eigenvalue weighted by atomic mass is 10.0. The molecule has 0 amide bonds. The first-order valence-corrected chi connectivity index (χ1v) is 6.45. The zero-order chi connectivity index (χ0) is 11.4. The molecule has 0 saturated heterocycles. The number of hydrogen-bond donors (Lipinski definition) is 1. The van der Waals surface area contributed by atoms with Crippen molar-refractivity contribution in [1.29, 1.82) is 0 Å². The molecule has 88 valence electrons. The second-order valence-electron chi connectivity index (χ2n) is 4.28. The van der Waals surface area contributed by atoms with Gasteiger partial charge in [0.05, 0.1) is 0 Å². The van der Waals surface area contributed by atoms with Gasteiger partial charge in [-0.15, -0.1) is 12.3 Å². The number of hydrogen-bond acceptors (Lipinski definition) is 1. The predicted molar refractivity (Wildman–Crippen MR) is 68.9 cm³/mol. The van der Waals surface area contributed by atoms with Crippen molar-refractivity contribution < 1.29 is 0 Å². The van der Waals surface area contributed by atoms with Crippen LogP contribution in [0.2, 0.25) is 0 Å². The van der Waals surface area contributed by atoms with Gasteiger partial charge in [-0.2, -0.15) is 0 Å². The van der Waals surface area contributed by atoms with Gasteiger partial charge in [-0.05, 0) is 19.9 Å². The van der Waals surface area contributed by atoms with Crippen LogP contribution in [0.15, 0.2) is 0 Å². The van der Waals surface area contributed by atoms with Gasteiger partial charge in [-0.25, -0.2) is 0 Å². The number of rotatable bonds is 10. The Morgan fingerprint density at radius 2 is 1.73 bits per heavy atom. The molecule has 1 N–H and O–H groups in total. The summed E-state index contributed by atoms with van der Waals surface area (Å²) < 4.78 is 0. The van der Waals surface area contributed by atoms with Crippen LogP contribution in [0.3, 0.4) is 0 Å². The summed E-state index contributed by atoms with van der Waals surface area (Å²) >= 11 is 0. The fourth-order valence-corrected chi connectivity index (χ4v) is 1.86. The number of nitrogens with one attached hydrogen (secondary N) is 1. The van der Waals surface area contributed by atoms with E-state index < -0.39 is 0 Å². The van der Waals surface area contributed by atoms with Crippen molar-refractivity contribution in [1.82, 2.24) is 5.32 Å². The molecule has 0 heterocycles.